The standard InChI is InChI=1S/C24H27F3N6O3S/c25-24(26,27)36-22-9-16(3-4-17(22)15-34)12-28-5-1-2-7-35-8-6-29-20-10-18(23-14-31-33-37-23)11-21-19(20)13-30-32-21/h3-4,9-11,13-14,28-29,34H,1-2,5-8,12,15H2,(H,30,32). The summed E-state index contributed by atoms with van der Waals surface area (Å²) in [5, 5.41) is 27.8. The number of aromatic amines is 1. The van der Waals surface area contributed by atoms with Crippen LogP contribution in [0.4, 0.5) is 18.9 Å². The fourth-order valence-electron chi connectivity index (χ4n) is 3.74. The quantitative estimate of drug-likeness (QED) is 0.175. The number of hydrogen-bond acceptors (Lipinski definition) is 9. The van der Waals surface area contributed by atoms with Gasteiger partial charge in [-0.2, -0.15) is 5.10 Å². The van der Waals surface area contributed by atoms with Crippen molar-refractivity contribution in [2.45, 2.75) is 32.4 Å². The topological polar surface area (TPSA) is 117 Å². The Morgan fingerprint density at radius 2 is 1.95 bits per heavy atom. The Labute approximate surface area is 215 Å². The van der Waals surface area contributed by atoms with Crippen molar-refractivity contribution in [1.29, 1.82) is 0 Å². The zero-order valence-corrected chi connectivity index (χ0v) is 20.7. The zero-order chi connectivity index (χ0) is 26.1. The summed E-state index contributed by atoms with van der Waals surface area (Å²) in [6, 6.07) is 8.47. The van der Waals surface area contributed by atoms with E-state index in [0.29, 0.717) is 38.4 Å². The molecule has 0 aliphatic carbocycles. The summed E-state index contributed by atoms with van der Waals surface area (Å²) in [6.07, 6.45) is 0.412. The molecule has 13 heteroatoms. The normalized spacial score (nSPS) is 11.8. The molecule has 0 spiro atoms. The smallest absolute Gasteiger partial charge is 0.405 e. The molecule has 0 atom stereocenters. The molecule has 0 aliphatic rings. The van der Waals surface area contributed by atoms with Crippen molar-refractivity contribution in [2.75, 3.05) is 31.6 Å². The minimum atomic E-state index is -4.80. The molecule has 198 valence electrons. The van der Waals surface area contributed by atoms with Crippen molar-refractivity contribution in [3.05, 3.63) is 53.9 Å². The van der Waals surface area contributed by atoms with Gasteiger partial charge in [0.2, 0.25) is 0 Å². The molecule has 37 heavy (non-hydrogen) atoms. The highest BCUT2D eigenvalue weighted by atomic mass is 32.1. The van der Waals surface area contributed by atoms with Gasteiger partial charge in [-0.3, -0.25) is 5.10 Å². The molecule has 4 rings (SSSR count). The van der Waals surface area contributed by atoms with Crippen molar-refractivity contribution < 1.29 is 27.8 Å². The first-order valence-electron chi connectivity index (χ1n) is 11.7. The molecule has 0 aliphatic heterocycles. The Morgan fingerprint density at radius 3 is 2.73 bits per heavy atom. The van der Waals surface area contributed by atoms with Crippen LogP contribution in [0, 0.1) is 0 Å². The number of hydrogen-bond donors (Lipinski definition) is 4. The number of aromatic nitrogens is 4. The monoisotopic (exact) mass is 536 g/mol. The second kappa shape index (κ2) is 12.8. The van der Waals surface area contributed by atoms with Gasteiger partial charge in [0.15, 0.2) is 0 Å². The summed E-state index contributed by atoms with van der Waals surface area (Å²) in [6.45, 7) is 2.33. The second-order valence-corrected chi connectivity index (χ2v) is 8.99. The number of anilines is 1. The van der Waals surface area contributed by atoms with Gasteiger partial charge in [0.1, 0.15) is 5.75 Å². The third-order valence-electron chi connectivity index (χ3n) is 5.52. The van der Waals surface area contributed by atoms with Crippen LogP contribution in [0.1, 0.15) is 24.0 Å². The second-order valence-electron chi connectivity index (χ2n) is 8.21. The van der Waals surface area contributed by atoms with Gasteiger partial charge in [0.05, 0.1) is 36.0 Å². The largest absolute Gasteiger partial charge is 0.573 e. The number of nitrogens with zero attached hydrogens (tertiary/aromatic N) is 3. The SMILES string of the molecule is OCc1ccc(CNCCCCOCCNc2cc(-c3cnns3)cc3[nH]ncc23)cc1OC(F)(F)F. The number of ether oxygens (including phenoxy) is 2. The molecular formula is C24H27F3N6O3S. The number of H-pyrrole nitrogens is 1. The van der Waals surface area contributed by atoms with Gasteiger partial charge < -0.3 is 25.2 Å². The highest BCUT2D eigenvalue weighted by molar-refractivity contribution is 7.09. The molecule has 0 fully saturated rings. The van der Waals surface area contributed by atoms with Crippen LogP contribution < -0.4 is 15.4 Å². The van der Waals surface area contributed by atoms with E-state index >= 15 is 0 Å². The van der Waals surface area contributed by atoms with Gasteiger partial charge in [-0.1, -0.05) is 16.6 Å². The maximum atomic E-state index is 12.6. The van der Waals surface area contributed by atoms with E-state index < -0.39 is 13.0 Å². The van der Waals surface area contributed by atoms with E-state index in [2.05, 4.69) is 35.2 Å². The molecule has 0 saturated heterocycles. The van der Waals surface area contributed by atoms with Crippen LogP contribution in [0.2, 0.25) is 0 Å². The highest BCUT2D eigenvalue weighted by Crippen LogP contribution is 2.31. The lowest BCUT2D eigenvalue weighted by molar-refractivity contribution is -0.275. The lowest BCUT2D eigenvalue weighted by Gasteiger charge is -2.14. The lowest BCUT2D eigenvalue weighted by Crippen LogP contribution is -2.19. The maximum absolute atomic E-state index is 12.6. The molecule has 2 heterocycles. The number of alkyl halides is 3. The van der Waals surface area contributed by atoms with Crippen molar-refractivity contribution in [3.63, 3.8) is 0 Å². The fourth-order valence-corrected chi connectivity index (χ4v) is 4.24. The lowest BCUT2D eigenvalue weighted by atomic mass is 10.1. The first-order chi connectivity index (χ1) is 17.9. The van der Waals surface area contributed by atoms with Gasteiger partial charge in [-0.05, 0) is 60.2 Å². The van der Waals surface area contributed by atoms with Crippen LogP contribution in [0.25, 0.3) is 21.3 Å². The third-order valence-corrected chi connectivity index (χ3v) is 6.23. The summed E-state index contributed by atoms with van der Waals surface area (Å²) in [4.78, 5) is 0.974. The van der Waals surface area contributed by atoms with E-state index in [1.165, 1.54) is 23.7 Å². The zero-order valence-electron chi connectivity index (χ0n) is 19.8. The molecule has 2 aromatic heterocycles. The number of unbranched alkanes of at least 4 members (excludes halogenated alkanes) is 1. The first kappa shape index (κ1) is 26.8. The van der Waals surface area contributed by atoms with Crippen molar-refractivity contribution >= 4 is 28.1 Å². The maximum Gasteiger partial charge on any atom is 0.573 e. The van der Waals surface area contributed by atoms with Crippen molar-refractivity contribution in [3.8, 4) is 16.2 Å². The molecule has 9 nitrogen and oxygen atoms in total. The van der Waals surface area contributed by atoms with Gasteiger partial charge in [0, 0.05) is 36.3 Å². The van der Waals surface area contributed by atoms with E-state index in [9.17, 15) is 18.3 Å². The number of benzene rings is 2. The Balaban J connectivity index is 1.12. The van der Waals surface area contributed by atoms with E-state index in [1.807, 2.05) is 12.1 Å². The number of halogens is 3. The molecule has 4 aromatic rings. The van der Waals surface area contributed by atoms with Crippen LogP contribution in [0.3, 0.4) is 0 Å². The van der Waals surface area contributed by atoms with Gasteiger partial charge in [-0.15, -0.1) is 18.3 Å². The van der Waals surface area contributed by atoms with E-state index in [1.54, 1.807) is 18.5 Å². The number of aliphatic hydroxyl groups is 1. The van der Waals surface area contributed by atoms with E-state index in [-0.39, 0.29) is 11.3 Å². The number of fused-ring (bicyclic) bond motifs is 1. The molecule has 2 aromatic carbocycles. The summed E-state index contributed by atoms with van der Waals surface area (Å²) >= 11 is 1.33. The van der Waals surface area contributed by atoms with Gasteiger partial charge >= 0.3 is 6.36 Å². The van der Waals surface area contributed by atoms with E-state index in [0.717, 1.165) is 39.9 Å². The molecular weight excluding hydrogens is 509 g/mol. The number of rotatable bonds is 14. The van der Waals surface area contributed by atoms with Gasteiger partial charge in [0.25, 0.3) is 0 Å². The fraction of sp³-hybridized carbons (Fsp3) is 0.375. The van der Waals surface area contributed by atoms with Gasteiger partial charge in [-0.25, -0.2) is 0 Å². The minimum absolute atomic E-state index is 0.0895. The molecule has 0 amide bonds. The highest BCUT2D eigenvalue weighted by Gasteiger charge is 2.32. The predicted octanol–water partition coefficient (Wildman–Crippen LogP) is 4.47. The summed E-state index contributed by atoms with van der Waals surface area (Å²) in [5.41, 5.74) is 3.62. The van der Waals surface area contributed by atoms with E-state index in [4.69, 9.17) is 4.74 Å². The molecule has 0 radical (unpaired) electrons. The average Bonchev–Trinajstić information content (AvgIpc) is 3.56. The number of aliphatic hydroxyl groups excluding tert-OH is 1. The summed E-state index contributed by atoms with van der Waals surface area (Å²) in [7, 11) is 0. The Morgan fingerprint density at radius 1 is 1.05 bits per heavy atom. The number of nitrogens with one attached hydrogen (secondary N) is 3. The molecule has 4 N–H and O–H groups in total. The molecule has 0 unspecified atom stereocenters. The summed E-state index contributed by atoms with van der Waals surface area (Å²) in [5.74, 6) is -0.378. The first-order valence-corrected chi connectivity index (χ1v) is 12.5. The van der Waals surface area contributed by atoms with Crippen LogP contribution >= 0.6 is 11.5 Å². The average molecular weight is 537 g/mol. The van der Waals surface area contributed by atoms with Crippen LogP contribution in [0.5, 0.6) is 5.75 Å². The Bertz CT molecular complexity index is 1270. The Hall–Kier alpha value is -3.26. The van der Waals surface area contributed by atoms with Crippen LogP contribution in [-0.4, -0.2) is 57.6 Å². The summed E-state index contributed by atoms with van der Waals surface area (Å²) < 4.78 is 51.3. The predicted molar refractivity (Wildman–Crippen MR) is 134 cm³/mol. The molecule has 0 bridgehead atoms. The Kier molecular flexibility index (Phi) is 9.28. The minimum Gasteiger partial charge on any atom is -0.405 e. The van der Waals surface area contributed by atoms with Crippen molar-refractivity contribution in [1.82, 2.24) is 25.1 Å². The van der Waals surface area contributed by atoms with Crippen LogP contribution in [0.15, 0.2) is 42.7 Å². The van der Waals surface area contributed by atoms with Crippen LogP contribution in [-0.2, 0) is 17.9 Å². The molecule has 0 saturated carbocycles. The van der Waals surface area contributed by atoms with Crippen molar-refractivity contribution in [2.24, 2.45) is 0 Å². The third kappa shape index (κ3) is 7.86.